The monoisotopic (exact) mass is 374 g/mol. The molecule has 1 heterocycles. The largest absolute Gasteiger partial charge is 0.496 e. The summed E-state index contributed by atoms with van der Waals surface area (Å²) in [4.78, 5) is 39.2. The average molecular weight is 374 g/mol. The van der Waals surface area contributed by atoms with Gasteiger partial charge in [-0.2, -0.15) is 0 Å². The van der Waals surface area contributed by atoms with Gasteiger partial charge in [0.1, 0.15) is 5.75 Å². The van der Waals surface area contributed by atoms with Gasteiger partial charge in [0.15, 0.2) is 0 Å². The van der Waals surface area contributed by atoms with Gasteiger partial charge in [0.2, 0.25) is 0 Å². The number of para-hydroxylation sites is 1. The Hall–Kier alpha value is -3.67. The standard InChI is InChI=1S/C22H18N2O4/c1-28-18-11-3-2-8-15(18)20(25)23-12-13-24-21(26)16-9-4-6-14-7-5-10-17(19(14)16)22(24)27/h2-11H,12-13H2,1H3,(H,23,25). The van der Waals surface area contributed by atoms with E-state index in [-0.39, 0.29) is 30.8 Å². The Morgan fingerprint density at radius 3 is 2.21 bits per heavy atom. The summed E-state index contributed by atoms with van der Waals surface area (Å²) in [6.45, 7) is 0.232. The SMILES string of the molecule is COc1ccccc1C(=O)NCCN1C(=O)c2cccc3cccc(c23)C1=O. The number of methoxy groups -OCH3 is 1. The zero-order valence-electron chi connectivity index (χ0n) is 15.3. The lowest BCUT2D eigenvalue weighted by Gasteiger charge is -2.27. The van der Waals surface area contributed by atoms with Crippen molar-refractivity contribution in [3.05, 3.63) is 77.4 Å². The van der Waals surface area contributed by atoms with Crippen LogP contribution in [0.25, 0.3) is 10.8 Å². The molecule has 0 saturated carbocycles. The third-order valence-electron chi connectivity index (χ3n) is 4.83. The third-order valence-corrected chi connectivity index (χ3v) is 4.83. The van der Waals surface area contributed by atoms with E-state index in [9.17, 15) is 14.4 Å². The second-order valence-electron chi connectivity index (χ2n) is 6.43. The number of imide groups is 1. The zero-order valence-corrected chi connectivity index (χ0v) is 15.3. The lowest BCUT2D eigenvalue weighted by atomic mass is 9.94. The molecule has 28 heavy (non-hydrogen) atoms. The number of carbonyl (C=O) groups excluding carboxylic acids is 3. The van der Waals surface area contributed by atoms with E-state index in [1.54, 1.807) is 48.5 Å². The van der Waals surface area contributed by atoms with Crippen molar-refractivity contribution in [3.63, 3.8) is 0 Å². The molecule has 3 amide bonds. The molecule has 0 spiro atoms. The molecule has 0 bridgehead atoms. The van der Waals surface area contributed by atoms with Crippen molar-refractivity contribution in [2.24, 2.45) is 0 Å². The minimum absolute atomic E-state index is 0.0866. The first-order valence-electron chi connectivity index (χ1n) is 8.91. The number of ether oxygens (including phenoxy) is 1. The maximum Gasteiger partial charge on any atom is 0.261 e. The first-order chi connectivity index (χ1) is 13.6. The van der Waals surface area contributed by atoms with E-state index < -0.39 is 0 Å². The lowest BCUT2D eigenvalue weighted by Crippen LogP contribution is -2.44. The summed E-state index contributed by atoms with van der Waals surface area (Å²) in [6, 6.07) is 17.7. The highest BCUT2D eigenvalue weighted by atomic mass is 16.5. The lowest BCUT2D eigenvalue weighted by molar-refractivity contribution is 0.0607. The van der Waals surface area contributed by atoms with Gasteiger partial charge in [-0.25, -0.2) is 0 Å². The van der Waals surface area contributed by atoms with Crippen LogP contribution in [0, 0.1) is 0 Å². The molecular weight excluding hydrogens is 356 g/mol. The van der Waals surface area contributed by atoms with E-state index >= 15 is 0 Å². The molecule has 140 valence electrons. The number of rotatable bonds is 5. The van der Waals surface area contributed by atoms with Crippen LogP contribution in [0.3, 0.4) is 0 Å². The molecule has 1 aliphatic heterocycles. The summed E-state index contributed by atoms with van der Waals surface area (Å²) >= 11 is 0. The fourth-order valence-electron chi connectivity index (χ4n) is 3.49. The van der Waals surface area contributed by atoms with Gasteiger partial charge in [-0.1, -0.05) is 36.4 Å². The predicted octanol–water partition coefficient (Wildman–Crippen LogP) is 2.87. The van der Waals surface area contributed by atoms with Gasteiger partial charge in [0.25, 0.3) is 17.7 Å². The molecule has 3 aromatic rings. The second kappa shape index (κ2) is 7.15. The average Bonchev–Trinajstić information content (AvgIpc) is 2.74. The van der Waals surface area contributed by atoms with Gasteiger partial charge in [-0.05, 0) is 29.7 Å². The molecule has 1 aliphatic rings. The van der Waals surface area contributed by atoms with Crippen LogP contribution < -0.4 is 10.1 Å². The first-order valence-corrected chi connectivity index (χ1v) is 8.91. The third kappa shape index (κ3) is 2.89. The Labute approximate surface area is 161 Å². The fraction of sp³-hybridized carbons (Fsp3) is 0.136. The van der Waals surface area contributed by atoms with Crippen molar-refractivity contribution >= 4 is 28.5 Å². The number of nitrogens with zero attached hydrogens (tertiary/aromatic N) is 1. The minimum atomic E-state index is -0.346. The smallest absolute Gasteiger partial charge is 0.261 e. The predicted molar refractivity (Wildman–Crippen MR) is 105 cm³/mol. The summed E-state index contributed by atoms with van der Waals surface area (Å²) in [6.07, 6.45) is 0. The summed E-state index contributed by atoms with van der Waals surface area (Å²) in [7, 11) is 1.50. The van der Waals surface area contributed by atoms with E-state index in [0.29, 0.717) is 27.8 Å². The van der Waals surface area contributed by atoms with Crippen LogP contribution in [0.5, 0.6) is 5.75 Å². The Bertz CT molecular complexity index is 1060. The molecular formula is C22H18N2O4. The van der Waals surface area contributed by atoms with Gasteiger partial charge >= 0.3 is 0 Å². The molecule has 0 aromatic heterocycles. The van der Waals surface area contributed by atoms with Crippen LogP contribution in [0.2, 0.25) is 0 Å². The Morgan fingerprint density at radius 1 is 0.929 bits per heavy atom. The van der Waals surface area contributed by atoms with E-state index in [0.717, 1.165) is 5.39 Å². The highest BCUT2D eigenvalue weighted by molar-refractivity contribution is 6.25. The summed E-state index contributed by atoms with van der Waals surface area (Å²) in [5, 5.41) is 4.30. The highest BCUT2D eigenvalue weighted by Gasteiger charge is 2.32. The van der Waals surface area contributed by atoms with Crippen molar-refractivity contribution in [1.82, 2.24) is 10.2 Å². The van der Waals surface area contributed by atoms with Crippen LogP contribution in [0.15, 0.2) is 60.7 Å². The fourth-order valence-corrected chi connectivity index (χ4v) is 3.49. The number of carbonyl (C=O) groups is 3. The number of amides is 3. The topological polar surface area (TPSA) is 75.7 Å². The number of hydrogen-bond donors (Lipinski definition) is 1. The van der Waals surface area contributed by atoms with Crippen molar-refractivity contribution in [2.75, 3.05) is 20.2 Å². The number of benzene rings is 3. The molecule has 0 unspecified atom stereocenters. The van der Waals surface area contributed by atoms with Crippen LogP contribution in [-0.2, 0) is 0 Å². The molecule has 6 heteroatoms. The van der Waals surface area contributed by atoms with Gasteiger partial charge < -0.3 is 10.1 Å². The molecule has 3 aromatic carbocycles. The van der Waals surface area contributed by atoms with E-state index in [4.69, 9.17) is 4.74 Å². The molecule has 0 fully saturated rings. The zero-order chi connectivity index (χ0) is 19.7. The van der Waals surface area contributed by atoms with Crippen LogP contribution in [0.1, 0.15) is 31.1 Å². The summed E-state index contributed by atoms with van der Waals surface area (Å²) < 4.78 is 5.19. The number of nitrogens with one attached hydrogen (secondary N) is 1. The van der Waals surface area contributed by atoms with Crippen LogP contribution in [-0.4, -0.2) is 42.8 Å². The Kier molecular flexibility index (Phi) is 4.53. The maximum atomic E-state index is 12.8. The number of hydrogen-bond acceptors (Lipinski definition) is 4. The van der Waals surface area contributed by atoms with Crippen molar-refractivity contribution in [1.29, 1.82) is 0 Å². The van der Waals surface area contributed by atoms with Gasteiger partial charge in [0.05, 0.1) is 12.7 Å². The molecule has 0 radical (unpaired) electrons. The normalized spacial score (nSPS) is 13.0. The summed E-state index contributed by atoms with van der Waals surface area (Å²) in [5.41, 5.74) is 1.41. The molecule has 0 atom stereocenters. The molecule has 4 rings (SSSR count). The van der Waals surface area contributed by atoms with Crippen molar-refractivity contribution in [3.8, 4) is 5.75 Å². The van der Waals surface area contributed by atoms with Crippen molar-refractivity contribution in [2.45, 2.75) is 0 Å². The van der Waals surface area contributed by atoms with E-state index in [2.05, 4.69) is 5.32 Å². The molecule has 1 N–H and O–H groups in total. The van der Waals surface area contributed by atoms with Gasteiger partial charge in [-0.15, -0.1) is 0 Å². The molecule has 6 nitrogen and oxygen atoms in total. The van der Waals surface area contributed by atoms with E-state index in [1.165, 1.54) is 12.0 Å². The van der Waals surface area contributed by atoms with Crippen LogP contribution in [0.4, 0.5) is 0 Å². The van der Waals surface area contributed by atoms with Crippen LogP contribution >= 0.6 is 0 Å². The van der Waals surface area contributed by atoms with E-state index in [1.807, 2.05) is 12.1 Å². The maximum absolute atomic E-state index is 12.8. The van der Waals surface area contributed by atoms with Gasteiger partial charge in [0, 0.05) is 29.6 Å². The Morgan fingerprint density at radius 2 is 1.57 bits per heavy atom. The van der Waals surface area contributed by atoms with Crippen molar-refractivity contribution < 1.29 is 19.1 Å². The molecule has 0 aliphatic carbocycles. The highest BCUT2D eigenvalue weighted by Crippen LogP contribution is 2.29. The molecule has 0 saturated heterocycles. The minimum Gasteiger partial charge on any atom is -0.496 e. The quantitative estimate of drug-likeness (QED) is 0.697. The van der Waals surface area contributed by atoms with Gasteiger partial charge in [-0.3, -0.25) is 19.3 Å². The second-order valence-corrected chi connectivity index (χ2v) is 6.43. The Balaban J connectivity index is 1.51. The summed E-state index contributed by atoms with van der Waals surface area (Å²) in [5.74, 6) is -0.552. The first kappa shape index (κ1) is 17.7.